The molecule has 0 spiro atoms. The van der Waals surface area contributed by atoms with Gasteiger partial charge in [0.1, 0.15) is 12.3 Å². The summed E-state index contributed by atoms with van der Waals surface area (Å²) in [6.07, 6.45) is 2.05. The van der Waals surface area contributed by atoms with E-state index in [4.69, 9.17) is 4.74 Å². The summed E-state index contributed by atoms with van der Waals surface area (Å²) in [4.78, 5) is 29.7. The van der Waals surface area contributed by atoms with E-state index in [9.17, 15) is 9.59 Å². The molecule has 2 heterocycles. The normalized spacial score (nSPS) is 15.1. The van der Waals surface area contributed by atoms with E-state index in [1.165, 1.54) is 4.90 Å². The first-order valence-electron chi connectivity index (χ1n) is 10.8. The highest BCUT2D eigenvalue weighted by Crippen LogP contribution is 2.32. The molecule has 1 aromatic heterocycles. The van der Waals surface area contributed by atoms with Crippen LogP contribution >= 0.6 is 0 Å². The minimum Gasteiger partial charge on any atom is -0.497 e. The van der Waals surface area contributed by atoms with Crippen molar-refractivity contribution in [3.05, 3.63) is 84.2 Å². The third-order valence-electron chi connectivity index (χ3n) is 5.79. The summed E-state index contributed by atoms with van der Waals surface area (Å²) < 4.78 is 7.40. The van der Waals surface area contributed by atoms with Crippen molar-refractivity contribution >= 4 is 17.6 Å². The van der Waals surface area contributed by atoms with E-state index in [1.54, 1.807) is 19.2 Å². The summed E-state index contributed by atoms with van der Waals surface area (Å²) in [6.45, 7) is 3.63. The van der Waals surface area contributed by atoms with Gasteiger partial charge in [0.2, 0.25) is 5.91 Å². The third kappa shape index (κ3) is 4.46. The zero-order chi connectivity index (χ0) is 22.5. The molecule has 0 aliphatic carbocycles. The second kappa shape index (κ2) is 9.60. The molecule has 7 heteroatoms. The van der Waals surface area contributed by atoms with E-state index >= 15 is 0 Å². The molecule has 1 atom stereocenters. The number of urea groups is 1. The Morgan fingerprint density at radius 1 is 1.06 bits per heavy atom. The fraction of sp³-hybridized carbons (Fsp3) is 0.280. The van der Waals surface area contributed by atoms with Crippen LogP contribution in [0, 0.1) is 0 Å². The van der Waals surface area contributed by atoms with Crippen molar-refractivity contribution in [1.29, 1.82) is 0 Å². The van der Waals surface area contributed by atoms with Gasteiger partial charge in [0.25, 0.3) is 0 Å². The van der Waals surface area contributed by atoms with Crippen molar-refractivity contribution in [3.63, 3.8) is 0 Å². The third-order valence-corrected chi connectivity index (χ3v) is 5.79. The summed E-state index contributed by atoms with van der Waals surface area (Å²) >= 11 is 0. The largest absolute Gasteiger partial charge is 0.497 e. The first-order chi connectivity index (χ1) is 15.6. The summed E-state index contributed by atoms with van der Waals surface area (Å²) in [7, 11) is 1.58. The topological polar surface area (TPSA) is 66.8 Å². The zero-order valence-corrected chi connectivity index (χ0v) is 18.4. The van der Waals surface area contributed by atoms with Crippen LogP contribution in [0.5, 0.6) is 5.75 Å². The molecule has 2 aromatic carbocycles. The van der Waals surface area contributed by atoms with Crippen LogP contribution in [0.25, 0.3) is 0 Å². The van der Waals surface area contributed by atoms with Crippen molar-refractivity contribution in [2.45, 2.75) is 19.5 Å². The highest BCUT2D eigenvalue weighted by Gasteiger charge is 2.33. The number of carbonyl (C=O) groups excluding carboxylic acids is 2. The van der Waals surface area contributed by atoms with Gasteiger partial charge in [-0.1, -0.05) is 36.4 Å². The minimum atomic E-state index is -0.314. The molecule has 4 rings (SSSR count). The number of methoxy groups -OCH3 is 1. The molecule has 1 aliphatic rings. The Bertz CT molecular complexity index is 1080. The maximum atomic E-state index is 13.4. The number of ether oxygens (including phenoxy) is 1. The van der Waals surface area contributed by atoms with Gasteiger partial charge in [0.15, 0.2) is 0 Å². The van der Waals surface area contributed by atoms with Crippen LogP contribution in [0.1, 0.15) is 24.2 Å². The van der Waals surface area contributed by atoms with Crippen molar-refractivity contribution in [3.8, 4) is 5.75 Å². The number of likely N-dealkylation sites (N-methyl/N-ethyl adjacent to an activating group) is 1. The van der Waals surface area contributed by atoms with Gasteiger partial charge in [-0.25, -0.2) is 4.79 Å². The SMILES string of the molecule is CCN(CC(=O)N1CCn2cccc2C1c1ccccc1)C(=O)Nc1cccc(OC)c1. The number of aromatic nitrogens is 1. The van der Waals surface area contributed by atoms with Crippen LogP contribution in [0.3, 0.4) is 0 Å². The maximum absolute atomic E-state index is 13.4. The van der Waals surface area contributed by atoms with E-state index in [0.29, 0.717) is 24.5 Å². The molecule has 1 aliphatic heterocycles. The lowest BCUT2D eigenvalue weighted by Crippen LogP contribution is -2.48. The Kier molecular flexibility index (Phi) is 6.44. The van der Waals surface area contributed by atoms with E-state index in [1.807, 2.05) is 66.6 Å². The van der Waals surface area contributed by atoms with E-state index in [0.717, 1.165) is 17.8 Å². The number of amides is 3. The Balaban J connectivity index is 1.51. The summed E-state index contributed by atoms with van der Waals surface area (Å²) in [5.74, 6) is 0.581. The predicted octanol–water partition coefficient (Wildman–Crippen LogP) is 3.98. The fourth-order valence-electron chi connectivity index (χ4n) is 4.12. The molecule has 0 fully saturated rings. The first kappa shape index (κ1) is 21.5. The monoisotopic (exact) mass is 432 g/mol. The van der Waals surface area contributed by atoms with Gasteiger partial charge >= 0.3 is 6.03 Å². The Morgan fingerprint density at radius 3 is 2.62 bits per heavy atom. The number of hydrogen-bond acceptors (Lipinski definition) is 3. The molecular weight excluding hydrogens is 404 g/mol. The van der Waals surface area contributed by atoms with Gasteiger partial charge in [0.05, 0.1) is 13.2 Å². The minimum absolute atomic E-state index is 0.0103. The number of hydrogen-bond donors (Lipinski definition) is 1. The summed E-state index contributed by atoms with van der Waals surface area (Å²) in [6, 6.07) is 20.8. The number of carbonyl (C=O) groups is 2. The highest BCUT2D eigenvalue weighted by molar-refractivity contribution is 5.92. The van der Waals surface area contributed by atoms with E-state index < -0.39 is 0 Å². The zero-order valence-electron chi connectivity index (χ0n) is 18.4. The Hall–Kier alpha value is -3.74. The number of benzene rings is 2. The van der Waals surface area contributed by atoms with Crippen molar-refractivity contribution < 1.29 is 14.3 Å². The molecule has 7 nitrogen and oxygen atoms in total. The van der Waals surface area contributed by atoms with Gasteiger partial charge in [-0.3, -0.25) is 4.79 Å². The second-order valence-electron chi connectivity index (χ2n) is 7.70. The number of fused-ring (bicyclic) bond motifs is 1. The van der Waals surface area contributed by atoms with Crippen LogP contribution in [0.2, 0.25) is 0 Å². The quantitative estimate of drug-likeness (QED) is 0.641. The van der Waals surface area contributed by atoms with Gasteiger partial charge in [-0.2, -0.15) is 0 Å². The molecule has 0 radical (unpaired) electrons. The average Bonchev–Trinajstić information content (AvgIpc) is 3.31. The standard InChI is InChI=1S/C25H28N4O3/c1-3-27(25(31)26-20-11-7-12-21(17-20)32-2)18-23(30)29-16-15-28-14-8-13-22(28)24(29)19-9-5-4-6-10-19/h4-14,17,24H,3,15-16,18H2,1-2H3,(H,26,31). The van der Waals surface area contributed by atoms with Gasteiger partial charge in [-0.15, -0.1) is 0 Å². The smallest absolute Gasteiger partial charge is 0.322 e. The number of nitrogens with zero attached hydrogens (tertiary/aromatic N) is 3. The molecule has 32 heavy (non-hydrogen) atoms. The summed E-state index contributed by atoms with van der Waals surface area (Å²) in [5.41, 5.74) is 2.77. The average molecular weight is 433 g/mol. The van der Waals surface area contributed by atoms with Crippen LogP contribution in [0.4, 0.5) is 10.5 Å². The molecule has 3 amide bonds. The Morgan fingerprint density at radius 2 is 1.88 bits per heavy atom. The lowest BCUT2D eigenvalue weighted by atomic mass is 10.00. The molecule has 1 unspecified atom stereocenters. The fourth-order valence-corrected chi connectivity index (χ4v) is 4.12. The number of rotatable bonds is 6. The second-order valence-corrected chi connectivity index (χ2v) is 7.70. The van der Waals surface area contributed by atoms with Crippen molar-refractivity contribution in [2.75, 3.05) is 32.1 Å². The molecule has 166 valence electrons. The molecule has 0 saturated carbocycles. The van der Waals surface area contributed by atoms with Gasteiger partial charge < -0.3 is 24.4 Å². The van der Waals surface area contributed by atoms with Crippen molar-refractivity contribution in [2.24, 2.45) is 0 Å². The summed E-state index contributed by atoms with van der Waals surface area (Å²) in [5, 5.41) is 2.86. The number of nitrogens with one attached hydrogen (secondary N) is 1. The van der Waals surface area contributed by atoms with E-state index in [-0.39, 0.29) is 24.5 Å². The predicted molar refractivity (Wildman–Crippen MR) is 124 cm³/mol. The van der Waals surface area contributed by atoms with Gasteiger partial charge in [0, 0.05) is 43.3 Å². The van der Waals surface area contributed by atoms with Gasteiger partial charge in [-0.05, 0) is 36.8 Å². The van der Waals surface area contributed by atoms with Crippen molar-refractivity contribution in [1.82, 2.24) is 14.4 Å². The Labute approximate surface area is 188 Å². The van der Waals surface area contributed by atoms with E-state index in [2.05, 4.69) is 16.0 Å². The van der Waals surface area contributed by atoms with Crippen LogP contribution in [0.15, 0.2) is 72.9 Å². The maximum Gasteiger partial charge on any atom is 0.322 e. The van der Waals surface area contributed by atoms with Crippen LogP contribution in [-0.2, 0) is 11.3 Å². The lowest BCUT2D eigenvalue weighted by molar-refractivity contribution is -0.134. The molecule has 3 aromatic rings. The van der Waals surface area contributed by atoms with Crippen LogP contribution in [-0.4, -0.2) is 53.0 Å². The molecular formula is C25H28N4O3. The van der Waals surface area contributed by atoms with Crippen LogP contribution < -0.4 is 10.1 Å². The molecule has 0 bridgehead atoms. The number of anilines is 1. The highest BCUT2D eigenvalue weighted by atomic mass is 16.5. The lowest BCUT2D eigenvalue weighted by Gasteiger charge is -2.38. The molecule has 0 saturated heterocycles. The molecule has 1 N–H and O–H groups in total. The first-order valence-corrected chi connectivity index (χ1v) is 10.8.